The molecule has 1 fully saturated rings. The zero-order valence-electron chi connectivity index (χ0n) is 9.65. The van der Waals surface area contributed by atoms with E-state index in [9.17, 15) is 0 Å². The molecule has 2 rings (SSSR count). The number of imidazole rings is 1. The monoisotopic (exact) mass is 220 g/mol. The summed E-state index contributed by atoms with van der Waals surface area (Å²) in [7, 11) is 0. The molecule has 1 heterocycles. The Bertz CT molecular complexity index is 323. The van der Waals surface area contributed by atoms with E-state index in [-0.39, 0.29) is 0 Å². The van der Waals surface area contributed by atoms with Gasteiger partial charge in [0, 0.05) is 31.3 Å². The summed E-state index contributed by atoms with van der Waals surface area (Å²) in [6.45, 7) is 0.822. The molecule has 16 heavy (non-hydrogen) atoms. The van der Waals surface area contributed by atoms with Crippen LogP contribution in [0, 0.1) is 5.92 Å². The summed E-state index contributed by atoms with van der Waals surface area (Å²) >= 11 is 0. The lowest BCUT2D eigenvalue weighted by atomic mass is 10.1. The van der Waals surface area contributed by atoms with Crippen LogP contribution in [0.3, 0.4) is 0 Å². The van der Waals surface area contributed by atoms with Gasteiger partial charge in [0.1, 0.15) is 5.82 Å². The standard InChI is InChI=1S/C12H20N4/c13-12(10-4-1-2-5-10)16-7-3-6-11-14-8-9-15-11/h8-10H,1-7H2,(H2,13,16)(H,14,15). The highest BCUT2D eigenvalue weighted by molar-refractivity contribution is 5.83. The van der Waals surface area contributed by atoms with Crippen LogP contribution in [0.15, 0.2) is 17.4 Å². The van der Waals surface area contributed by atoms with Crippen molar-refractivity contribution in [1.29, 1.82) is 0 Å². The highest BCUT2D eigenvalue weighted by Crippen LogP contribution is 2.24. The van der Waals surface area contributed by atoms with E-state index in [1.807, 2.05) is 6.20 Å². The van der Waals surface area contributed by atoms with Gasteiger partial charge in [-0.05, 0) is 19.3 Å². The summed E-state index contributed by atoms with van der Waals surface area (Å²) in [5.74, 6) is 2.47. The molecule has 4 nitrogen and oxygen atoms in total. The fourth-order valence-corrected chi connectivity index (χ4v) is 2.24. The highest BCUT2D eigenvalue weighted by Gasteiger charge is 2.17. The predicted molar refractivity (Wildman–Crippen MR) is 65.4 cm³/mol. The van der Waals surface area contributed by atoms with Gasteiger partial charge in [-0.3, -0.25) is 4.99 Å². The third-order valence-corrected chi connectivity index (χ3v) is 3.19. The number of rotatable bonds is 5. The van der Waals surface area contributed by atoms with Crippen LogP contribution in [0.1, 0.15) is 37.9 Å². The lowest BCUT2D eigenvalue weighted by Gasteiger charge is -2.07. The van der Waals surface area contributed by atoms with Crippen molar-refractivity contribution in [1.82, 2.24) is 9.97 Å². The summed E-state index contributed by atoms with van der Waals surface area (Å²) < 4.78 is 0. The molecule has 1 aromatic heterocycles. The van der Waals surface area contributed by atoms with Gasteiger partial charge in [-0.2, -0.15) is 0 Å². The second kappa shape index (κ2) is 5.68. The van der Waals surface area contributed by atoms with Crippen molar-refractivity contribution in [2.24, 2.45) is 16.6 Å². The van der Waals surface area contributed by atoms with Crippen molar-refractivity contribution < 1.29 is 0 Å². The molecule has 0 amide bonds. The van der Waals surface area contributed by atoms with Crippen LogP contribution in [0.2, 0.25) is 0 Å². The SMILES string of the molecule is NC(=NCCCc1ncc[nH]1)C1CCCC1. The normalized spacial score (nSPS) is 18.1. The van der Waals surface area contributed by atoms with E-state index in [1.54, 1.807) is 6.20 Å². The Hall–Kier alpha value is -1.32. The minimum absolute atomic E-state index is 0.559. The molecular weight excluding hydrogens is 200 g/mol. The van der Waals surface area contributed by atoms with E-state index in [0.717, 1.165) is 31.0 Å². The molecule has 1 aliphatic carbocycles. The molecule has 0 aromatic carbocycles. The van der Waals surface area contributed by atoms with Crippen LogP contribution < -0.4 is 5.73 Å². The molecule has 3 N–H and O–H groups in total. The highest BCUT2D eigenvalue weighted by atomic mass is 14.9. The first-order valence-electron chi connectivity index (χ1n) is 6.14. The zero-order chi connectivity index (χ0) is 11.2. The lowest BCUT2D eigenvalue weighted by molar-refractivity contribution is 0.708. The Morgan fingerprint density at radius 3 is 3.00 bits per heavy atom. The quantitative estimate of drug-likeness (QED) is 0.452. The van der Waals surface area contributed by atoms with E-state index >= 15 is 0 Å². The van der Waals surface area contributed by atoms with E-state index in [2.05, 4.69) is 15.0 Å². The van der Waals surface area contributed by atoms with Gasteiger partial charge in [0.05, 0.1) is 5.84 Å². The Kier molecular flexibility index (Phi) is 3.97. The van der Waals surface area contributed by atoms with Gasteiger partial charge < -0.3 is 10.7 Å². The molecule has 0 unspecified atom stereocenters. The average Bonchev–Trinajstić information content (AvgIpc) is 2.96. The second-order valence-electron chi connectivity index (χ2n) is 4.43. The largest absolute Gasteiger partial charge is 0.387 e. The number of amidine groups is 1. The lowest BCUT2D eigenvalue weighted by Crippen LogP contribution is -2.21. The number of aromatic amines is 1. The van der Waals surface area contributed by atoms with Gasteiger partial charge in [-0.25, -0.2) is 4.98 Å². The molecule has 88 valence electrons. The summed E-state index contributed by atoms with van der Waals surface area (Å²) in [6.07, 6.45) is 10.7. The fraction of sp³-hybridized carbons (Fsp3) is 0.667. The summed E-state index contributed by atoms with van der Waals surface area (Å²) in [6, 6.07) is 0. The van der Waals surface area contributed by atoms with Gasteiger partial charge in [-0.15, -0.1) is 0 Å². The van der Waals surface area contributed by atoms with Gasteiger partial charge >= 0.3 is 0 Å². The Labute approximate surface area is 96.4 Å². The van der Waals surface area contributed by atoms with E-state index in [1.165, 1.54) is 25.7 Å². The number of aryl methyl sites for hydroxylation is 1. The summed E-state index contributed by atoms with van der Waals surface area (Å²) in [5, 5.41) is 0. The van der Waals surface area contributed by atoms with Crippen LogP contribution in [-0.2, 0) is 6.42 Å². The number of nitrogens with two attached hydrogens (primary N) is 1. The van der Waals surface area contributed by atoms with Crippen LogP contribution in [0.5, 0.6) is 0 Å². The molecule has 1 aromatic rings. The molecule has 0 atom stereocenters. The van der Waals surface area contributed by atoms with Gasteiger partial charge in [0.25, 0.3) is 0 Å². The molecular formula is C12H20N4. The molecule has 0 spiro atoms. The second-order valence-corrected chi connectivity index (χ2v) is 4.43. The predicted octanol–water partition coefficient (Wildman–Crippen LogP) is 1.89. The Balaban J connectivity index is 1.68. The first kappa shape index (κ1) is 11.2. The fourth-order valence-electron chi connectivity index (χ4n) is 2.24. The smallest absolute Gasteiger partial charge is 0.106 e. The van der Waals surface area contributed by atoms with E-state index in [0.29, 0.717) is 5.92 Å². The molecule has 4 heteroatoms. The minimum Gasteiger partial charge on any atom is -0.387 e. The Morgan fingerprint density at radius 2 is 2.31 bits per heavy atom. The molecule has 0 aliphatic heterocycles. The maximum Gasteiger partial charge on any atom is 0.106 e. The third kappa shape index (κ3) is 3.08. The summed E-state index contributed by atoms with van der Waals surface area (Å²) in [4.78, 5) is 11.7. The van der Waals surface area contributed by atoms with Crippen molar-refractivity contribution in [3.63, 3.8) is 0 Å². The van der Waals surface area contributed by atoms with Crippen molar-refractivity contribution in [3.05, 3.63) is 18.2 Å². The number of H-pyrrole nitrogens is 1. The van der Waals surface area contributed by atoms with Crippen molar-refractivity contribution in [3.8, 4) is 0 Å². The third-order valence-electron chi connectivity index (χ3n) is 3.19. The van der Waals surface area contributed by atoms with Crippen LogP contribution in [0.4, 0.5) is 0 Å². The van der Waals surface area contributed by atoms with Crippen LogP contribution in [-0.4, -0.2) is 22.3 Å². The maximum absolute atomic E-state index is 5.96. The number of nitrogens with zero attached hydrogens (tertiary/aromatic N) is 2. The average molecular weight is 220 g/mol. The topological polar surface area (TPSA) is 67.1 Å². The van der Waals surface area contributed by atoms with Gasteiger partial charge in [0.2, 0.25) is 0 Å². The molecule has 0 bridgehead atoms. The number of hydrogen-bond acceptors (Lipinski definition) is 2. The van der Waals surface area contributed by atoms with Crippen molar-refractivity contribution in [2.45, 2.75) is 38.5 Å². The van der Waals surface area contributed by atoms with E-state index in [4.69, 9.17) is 5.73 Å². The first-order valence-corrected chi connectivity index (χ1v) is 6.14. The van der Waals surface area contributed by atoms with Crippen LogP contribution >= 0.6 is 0 Å². The molecule has 0 radical (unpaired) electrons. The maximum atomic E-state index is 5.96. The molecule has 1 saturated carbocycles. The van der Waals surface area contributed by atoms with Gasteiger partial charge in [-0.1, -0.05) is 12.8 Å². The number of hydrogen-bond donors (Lipinski definition) is 2. The number of aliphatic imine (C=N–C) groups is 1. The van der Waals surface area contributed by atoms with Crippen LogP contribution in [0.25, 0.3) is 0 Å². The minimum atomic E-state index is 0.559. The first-order chi connectivity index (χ1) is 7.86. The number of nitrogens with one attached hydrogen (secondary N) is 1. The molecule has 1 aliphatic rings. The van der Waals surface area contributed by atoms with Crippen molar-refractivity contribution >= 4 is 5.84 Å². The number of aromatic nitrogens is 2. The zero-order valence-corrected chi connectivity index (χ0v) is 9.65. The molecule has 0 saturated heterocycles. The van der Waals surface area contributed by atoms with E-state index < -0.39 is 0 Å². The Morgan fingerprint density at radius 1 is 1.50 bits per heavy atom. The van der Waals surface area contributed by atoms with Crippen molar-refractivity contribution in [2.75, 3.05) is 6.54 Å². The van der Waals surface area contributed by atoms with Gasteiger partial charge in [0.15, 0.2) is 0 Å². The summed E-state index contributed by atoms with van der Waals surface area (Å²) in [5.41, 5.74) is 5.96.